The fraction of sp³-hybridized carbons (Fsp3) is 0.462. The summed E-state index contributed by atoms with van der Waals surface area (Å²) in [6, 6.07) is 11.9. The third kappa shape index (κ3) is 3.47. The SMILES string of the molecule is COC1(c2[nH]nc(-c3ccc(Cl)cc3)c2-c2ccncc2)CC(C)(C)N(C)C(C)(C)C1C. The maximum atomic E-state index is 6.49. The molecule has 5 nitrogen and oxygen atoms in total. The molecule has 0 radical (unpaired) electrons. The number of nitrogens with zero attached hydrogens (tertiary/aromatic N) is 3. The Morgan fingerprint density at radius 1 is 1.03 bits per heavy atom. The molecule has 0 aliphatic carbocycles. The normalized spacial score (nSPS) is 25.1. The van der Waals surface area contributed by atoms with Crippen LogP contribution in [-0.2, 0) is 10.3 Å². The van der Waals surface area contributed by atoms with Crippen LogP contribution < -0.4 is 0 Å². The zero-order valence-corrected chi connectivity index (χ0v) is 20.8. The number of aromatic nitrogens is 3. The molecule has 3 heterocycles. The summed E-state index contributed by atoms with van der Waals surface area (Å²) in [4.78, 5) is 6.71. The minimum Gasteiger partial charge on any atom is -0.371 e. The molecular formula is C26H33ClN4O. The molecule has 1 aliphatic rings. The van der Waals surface area contributed by atoms with Crippen LogP contribution in [0.25, 0.3) is 22.4 Å². The van der Waals surface area contributed by atoms with E-state index in [0.29, 0.717) is 5.02 Å². The summed E-state index contributed by atoms with van der Waals surface area (Å²) < 4.78 is 6.49. The minimum atomic E-state index is -0.546. The molecule has 6 heteroatoms. The maximum Gasteiger partial charge on any atom is 0.116 e. The maximum absolute atomic E-state index is 6.49. The molecule has 1 aliphatic heterocycles. The van der Waals surface area contributed by atoms with Crippen molar-refractivity contribution >= 4 is 11.6 Å². The molecule has 2 atom stereocenters. The topological polar surface area (TPSA) is 54.0 Å². The van der Waals surface area contributed by atoms with E-state index < -0.39 is 5.60 Å². The van der Waals surface area contributed by atoms with Gasteiger partial charge in [-0.25, -0.2) is 0 Å². The van der Waals surface area contributed by atoms with Gasteiger partial charge in [0.1, 0.15) is 11.3 Å². The van der Waals surface area contributed by atoms with Crippen molar-refractivity contribution in [2.24, 2.45) is 5.92 Å². The molecule has 0 amide bonds. The Kier molecular flexibility index (Phi) is 5.73. The van der Waals surface area contributed by atoms with E-state index in [-0.39, 0.29) is 17.0 Å². The van der Waals surface area contributed by atoms with Crippen LogP contribution in [0.15, 0.2) is 48.8 Å². The van der Waals surface area contributed by atoms with Crippen LogP contribution in [0, 0.1) is 5.92 Å². The van der Waals surface area contributed by atoms with Crippen LogP contribution in [0.3, 0.4) is 0 Å². The van der Waals surface area contributed by atoms with Gasteiger partial charge >= 0.3 is 0 Å². The first kappa shape index (κ1) is 23.0. The predicted octanol–water partition coefficient (Wildman–Crippen LogP) is 6.16. The van der Waals surface area contributed by atoms with Gasteiger partial charge in [-0.05, 0) is 64.6 Å². The highest BCUT2D eigenvalue weighted by Crippen LogP contribution is 2.55. The van der Waals surface area contributed by atoms with E-state index in [2.05, 4.69) is 56.6 Å². The first-order chi connectivity index (χ1) is 15.0. The Morgan fingerprint density at radius 2 is 1.66 bits per heavy atom. The van der Waals surface area contributed by atoms with Crippen molar-refractivity contribution in [2.45, 2.75) is 57.7 Å². The number of piperidine rings is 1. The third-order valence-electron chi connectivity index (χ3n) is 7.87. The summed E-state index contributed by atoms with van der Waals surface area (Å²) >= 11 is 6.16. The molecule has 3 aromatic rings. The highest BCUT2D eigenvalue weighted by atomic mass is 35.5. The van der Waals surface area contributed by atoms with Crippen molar-refractivity contribution in [1.82, 2.24) is 20.1 Å². The number of hydrogen-bond acceptors (Lipinski definition) is 4. The average Bonchev–Trinajstić information content (AvgIpc) is 3.22. The number of nitrogens with one attached hydrogen (secondary N) is 1. The van der Waals surface area contributed by atoms with E-state index in [4.69, 9.17) is 21.4 Å². The second-order valence-corrected chi connectivity index (χ2v) is 10.5. The summed E-state index contributed by atoms with van der Waals surface area (Å²) in [5.74, 6) is 0.192. The van der Waals surface area contributed by atoms with Crippen LogP contribution >= 0.6 is 11.6 Å². The van der Waals surface area contributed by atoms with Crippen LogP contribution in [0.4, 0.5) is 0 Å². The minimum absolute atomic E-state index is 0.0763. The number of aromatic amines is 1. The van der Waals surface area contributed by atoms with E-state index in [1.165, 1.54) is 0 Å². The van der Waals surface area contributed by atoms with Gasteiger partial charge in [0.15, 0.2) is 0 Å². The van der Waals surface area contributed by atoms with Crippen LogP contribution in [0.2, 0.25) is 5.02 Å². The molecular weight excluding hydrogens is 420 g/mol. The first-order valence-corrected chi connectivity index (χ1v) is 11.5. The standard InChI is InChI=1S/C26H33ClN4O/c1-17-25(4,5)31(6)24(2,3)16-26(17,32-7)23-21(18-12-14-28-15-13-18)22(29-30-23)19-8-10-20(27)11-9-19/h8-15,17H,16H2,1-7H3,(H,29,30). The molecule has 4 rings (SSSR count). The van der Waals surface area contributed by atoms with Gasteiger partial charge in [0.05, 0.1) is 5.69 Å². The van der Waals surface area contributed by atoms with Crippen molar-refractivity contribution < 1.29 is 4.74 Å². The van der Waals surface area contributed by atoms with Gasteiger partial charge in [0.2, 0.25) is 0 Å². The summed E-state index contributed by atoms with van der Waals surface area (Å²) in [6.07, 6.45) is 4.48. The molecule has 0 bridgehead atoms. The summed E-state index contributed by atoms with van der Waals surface area (Å²) in [5, 5.41) is 8.95. The van der Waals surface area contributed by atoms with Gasteiger partial charge in [-0.15, -0.1) is 0 Å². The van der Waals surface area contributed by atoms with Crippen molar-refractivity contribution in [1.29, 1.82) is 0 Å². The summed E-state index contributed by atoms with van der Waals surface area (Å²) in [5.41, 5.74) is 4.31. The lowest BCUT2D eigenvalue weighted by Gasteiger charge is -2.61. The number of halogens is 1. The lowest BCUT2D eigenvalue weighted by Crippen LogP contribution is -2.68. The van der Waals surface area contributed by atoms with Gasteiger partial charge in [-0.1, -0.05) is 30.7 Å². The van der Waals surface area contributed by atoms with Gasteiger partial charge in [0, 0.05) is 59.1 Å². The first-order valence-electron chi connectivity index (χ1n) is 11.1. The van der Waals surface area contributed by atoms with E-state index in [1.54, 1.807) is 0 Å². The fourth-order valence-corrected chi connectivity index (χ4v) is 5.60. The number of pyridine rings is 1. The number of likely N-dealkylation sites (tertiary alicyclic amines) is 1. The number of benzene rings is 1. The monoisotopic (exact) mass is 452 g/mol. The second-order valence-electron chi connectivity index (χ2n) is 10.1. The van der Waals surface area contributed by atoms with Crippen LogP contribution in [0.5, 0.6) is 0 Å². The molecule has 2 aromatic heterocycles. The quantitative estimate of drug-likeness (QED) is 0.514. The van der Waals surface area contributed by atoms with E-state index >= 15 is 0 Å². The lowest BCUT2D eigenvalue weighted by molar-refractivity contribution is -0.189. The Balaban J connectivity index is 1.99. The molecule has 1 fully saturated rings. The Labute approximate surface area is 196 Å². The van der Waals surface area contributed by atoms with Crippen molar-refractivity contribution in [3.05, 3.63) is 59.5 Å². The number of methoxy groups -OCH3 is 1. The molecule has 32 heavy (non-hydrogen) atoms. The zero-order chi connectivity index (χ0) is 23.3. The largest absolute Gasteiger partial charge is 0.371 e. The number of hydrogen-bond donors (Lipinski definition) is 1. The van der Waals surface area contributed by atoms with E-state index in [9.17, 15) is 0 Å². The zero-order valence-electron chi connectivity index (χ0n) is 20.0. The Hall–Kier alpha value is -2.21. The average molecular weight is 453 g/mol. The molecule has 1 N–H and O–H groups in total. The predicted molar refractivity (Wildman–Crippen MR) is 131 cm³/mol. The fourth-order valence-electron chi connectivity index (χ4n) is 5.48. The third-order valence-corrected chi connectivity index (χ3v) is 8.12. The number of ether oxygens (including phenoxy) is 1. The van der Waals surface area contributed by atoms with E-state index in [0.717, 1.165) is 34.5 Å². The number of rotatable bonds is 4. The van der Waals surface area contributed by atoms with Crippen LogP contribution in [-0.4, -0.2) is 45.3 Å². The molecule has 0 saturated carbocycles. The van der Waals surface area contributed by atoms with Gasteiger partial charge < -0.3 is 4.74 Å². The summed E-state index contributed by atoms with van der Waals surface area (Å²) in [6.45, 7) is 11.5. The molecule has 1 aromatic carbocycles. The highest BCUT2D eigenvalue weighted by Gasteiger charge is 2.58. The van der Waals surface area contributed by atoms with Crippen molar-refractivity contribution in [2.75, 3.05) is 14.2 Å². The van der Waals surface area contributed by atoms with Gasteiger partial charge in [0.25, 0.3) is 0 Å². The van der Waals surface area contributed by atoms with Crippen LogP contribution in [0.1, 0.15) is 46.7 Å². The molecule has 0 spiro atoms. The summed E-state index contributed by atoms with van der Waals surface area (Å²) in [7, 11) is 4.04. The molecule has 170 valence electrons. The van der Waals surface area contributed by atoms with E-state index in [1.807, 2.05) is 55.9 Å². The Bertz CT molecular complexity index is 1090. The number of H-pyrrole nitrogens is 1. The van der Waals surface area contributed by atoms with Crippen molar-refractivity contribution in [3.8, 4) is 22.4 Å². The highest BCUT2D eigenvalue weighted by molar-refractivity contribution is 6.30. The molecule has 2 unspecified atom stereocenters. The Morgan fingerprint density at radius 3 is 2.25 bits per heavy atom. The van der Waals surface area contributed by atoms with Crippen molar-refractivity contribution in [3.63, 3.8) is 0 Å². The lowest BCUT2D eigenvalue weighted by atomic mass is 9.62. The molecule has 1 saturated heterocycles. The smallest absolute Gasteiger partial charge is 0.116 e. The van der Waals surface area contributed by atoms with Gasteiger partial charge in [-0.3, -0.25) is 15.0 Å². The second kappa shape index (κ2) is 7.98. The van der Waals surface area contributed by atoms with Gasteiger partial charge in [-0.2, -0.15) is 5.10 Å².